The summed E-state index contributed by atoms with van der Waals surface area (Å²) >= 11 is 0. The maximum Gasteiger partial charge on any atom is 0.0482 e. The van der Waals surface area contributed by atoms with Crippen LogP contribution in [0, 0.1) is 6.92 Å². The second-order valence-corrected chi connectivity index (χ2v) is 5.45. The summed E-state index contributed by atoms with van der Waals surface area (Å²) in [7, 11) is 4.17. The number of hydrogen-bond acceptors (Lipinski definition) is 1. The van der Waals surface area contributed by atoms with E-state index in [0.29, 0.717) is 0 Å². The zero-order chi connectivity index (χ0) is 12.6. The van der Waals surface area contributed by atoms with Crippen LogP contribution in [-0.4, -0.2) is 17.2 Å². The van der Waals surface area contributed by atoms with E-state index in [1.165, 1.54) is 22.2 Å². The molecule has 0 bridgehead atoms. The van der Waals surface area contributed by atoms with Crippen molar-refractivity contribution < 1.29 is 0 Å². The Balaban J connectivity index is 2.57. The van der Waals surface area contributed by atoms with Gasteiger partial charge in [0.25, 0.3) is 0 Å². The van der Waals surface area contributed by atoms with Gasteiger partial charge in [-0.05, 0) is 45.9 Å². The number of benzene rings is 1. The molecule has 0 amide bonds. The fourth-order valence-electron chi connectivity index (χ4n) is 2.35. The van der Waals surface area contributed by atoms with Crippen molar-refractivity contribution >= 4 is 10.9 Å². The lowest BCUT2D eigenvalue weighted by molar-refractivity contribution is 0.422. The van der Waals surface area contributed by atoms with Gasteiger partial charge in [0.15, 0.2) is 0 Å². The Hall–Kier alpha value is -1.28. The molecule has 1 heterocycles. The standard InChI is InChI=1S/C15H22N2/c1-11-13(10-15(2,3)16-4)12-8-6-7-9-14(12)17(11)5/h6-9,16H,10H2,1-5H3. The number of aryl methyl sites for hydroxylation is 1. The van der Waals surface area contributed by atoms with Gasteiger partial charge in [-0.15, -0.1) is 0 Å². The van der Waals surface area contributed by atoms with Crippen LogP contribution in [0.5, 0.6) is 0 Å². The van der Waals surface area contributed by atoms with Crippen LogP contribution >= 0.6 is 0 Å². The quantitative estimate of drug-likeness (QED) is 0.857. The van der Waals surface area contributed by atoms with E-state index in [9.17, 15) is 0 Å². The molecule has 0 atom stereocenters. The molecule has 2 heteroatoms. The van der Waals surface area contributed by atoms with Crippen LogP contribution in [0.25, 0.3) is 10.9 Å². The third kappa shape index (κ3) is 2.09. The van der Waals surface area contributed by atoms with Crippen molar-refractivity contribution in [2.45, 2.75) is 32.7 Å². The Morgan fingerprint density at radius 3 is 2.53 bits per heavy atom. The molecule has 17 heavy (non-hydrogen) atoms. The molecule has 0 aliphatic rings. The van der Waals surface area contributed by atoms with Gasteiger partial charge in [-0.3, -0.25) is 0 Å². The first-order valence-electron chi connectivity index (χ1n) is 6.18. The van der Waals surface area contributed by atoms with Crippen molar-refractivity contribution in [3.63, 3.8) is 0 Å². The Morgan fingerprint density at radius 2 is 1.88 bits per heavy atom. The summed E-state index contributed by atoms with van der Waals surface area (Å²) in [5.41, 5.74) is 4.29. The third-order valence-electron chi connectivity index (χ3n) is 3.83. The molecule has 92 valence electrons. The minimum absolute atomic E-state index is 0.134. The lowest BCUT2D eigenvalue weighted by Crippen LogP contribution is -2.38. The summed E-state index contributed by atoms with van der Waals surface area (Å²) in [5.74, 6) is 0. The van der Waals surface area contributed by atoms with Gasteiger partial charge in [0.1, 0.15) is 0 Å². The number of rotatable bonds is 3. The predicted molar refractivity (Wildman–Crippen MR) is 74.5 cm³/mol. The van der Waals surface area contributed by atoms with E-state index in [-0.39, 0.29) is 5.54 Å². The molecule has 0 unspecified atom stereocenters. The topological polar surface area (TPSA) is 17.0 Å². The van der Waals surface area contributed by atoms with Crippen molar-refractivity contribution in [1.82, 2.24) is 9.88 Å². The Morgan fingerprint density at radius 1 is 1.24 bits per heavy atom. The van der Waals surface area contributed by atoms with Gasteiger partial charge in [-0.1, -0.05) is 18.2 Å². The highest BCUT2D eigenvalue weighted by Crippen LogP contribution is 2.27. The zero-order valence-electron chi connectivity index (χ0n) is 11.5. The summed E-state index contributed by atoms with van der Waals surface area (Å²) in [6.07, 6.45) is 1.05. The summed E-state index contributed by atoms with van der Waals surface area (Å²) in [6, 6.07) is 8.65. The summed E-state index contributed by atoms with van der Waals surface area (Å²) in [6.45, 7) is 6.70. The average Bonchev–Trinajstić information content (AvgIpc) is 2.55. The molecule has 0 saturated carbocycles. The van der Waals surface area contributed by atoms with Gasteiger partial charge < -0.3 is 9.88 Å². The molecule has 2 aromatic rings. The van der Waals surface area contributed by atoms with Gasteiger partial charge in [0.2, 0.25) is 0 Å². The first kappa shape index (κ1) is 12.2. The number of likely N-dealkylation sites (N-methyl/N-ethyl adjacent to an activating group) is 1. The van der Waals surface area contributed by atoms with Crippen LogP contribution in [0.1, 0.15) is 25.1 Å². The smallest absolute Gasteiger partial charge is 0.0482 e. The van der Waals surface area contributed by atoms with Crippen molar-refractivity contribution in [3.8, 4) is 0 Å². The van der Waals surface area contributed by atoms with Gasteiger partial charge >= 0.3 is 0 Å². The van der Waals surface area contributed by atoms with E-state index in [0.717, 1.165) is 6.42 Å². The average molecular weight is 230 g/mol. The monoisotopic (exact) mass is 230 g/mol. The molecule has 2 nitrogen and oxygen atoms in total. The molecule has 0 radical (unpaired) electrons. The molecule has 1 aromatic heterocycles. The number of hydrogen-bond donors (Lipinski definition) is 1. The maximum atomic E-state index is 3.38. The lowest BCUT2D eigenvalue weighted by atomic mass is 9.93. The third-order valence-corrected chi connectivity index (χ3v) is 3.83. The van der Waals surface area contributed by atoms with Gasteiger partial charge in [-0.2, -0.15) is 0 Å². The maximum absolute atomic E-state index is 3.38. The van der Waals surface area contributed by atoms with Gasteiger partial charge in [-0.25, -0.2) is 0 Å². The molecule has 0 spiro atoms. The highest BCUT2D eigenvalue weighted by molar-refractivity contribution is 5.85. The molecule has 0 saturated heterocycles. The zero-order valence-corrected chi connectivity index (χ0v) is 11.5. The van der Waals surface area contributed by atoms with Crippen molar-refractivity contribution in [2.24, 2.45) is 7.05 Å². The highest BCUT2D eigenvalue weighted by atomic mass is 15.0. The first-order chi connectivity index (χ1) is 7.96. The Labute approximate surface area is 104 Å². The number of nitrogens with zero attached hydrogens (tertiary/aromatic N) is 1. The van der Waals surface area contributed by atoms with E-state index in [1.54, 1.807) is 0 Å². The minimum atomic E-state index is 0.134. The van der Waals surface area contributed by atoms with E-state index < -0.39 is 0 Å². The number of aromatic nitrogens is 1. The fourth-order valence-corrected chi connectivity index (χ4v) is 2.35. The van der Waals surface area contributed by atoms with Crippen LogP contribution in [0.3, 0.4) is 0 Å². The van der Waals surface area contributed by atoms with E-state index in [4.69, 9.17) is 0 Å². The predicted octanol–water partition coefficient (Wildman–Crippen LogP) is 3.03. The second kappa shape index (κ2) is 4.19. The van der Waals surface area contributed by atoms with Crippen molar-refractivity contribution in [3.05, 3.63) is 35.5 Å². The van der Waals surface area contributed by atoms with Crippen molar-refractivity contribution in [2.75, 3.05) is 7.05 Å². The largest absolute Gasteiger partial charge is 0.348 e. The summed E-state index contributed by atoms with van der Waals surface area (Å²) in [5, 5.41) is 4.77. The SMILES string of the molecule is CNC(C)(C)Cc1c(C)n(C)c2ccccc12. The summed E-state index contributed by atoms with van der Waals surface area (Å²) < 4.78 is 2.29. The van der Waals surface area contributed by atoms with Gasteiger partial charge in [0, 0.05) is 29.2 Å². The molecule has 0 aliphatic carbocycles. The van der Waals surface area contributed by atoms with Crippen LogP contribution in [0.4, 0.5) is 0 Å². The van der Waals surface area contributed by atoms with Crippen LogP contribution < -0.4 is 5.32 Å². The fraction of sp³-hybridized carbons (Fsp3) is 0.467. The summed E-state index contributed by atoms with van der Waals surface area (Å²) in [4.78, 5) is 0. The molecule has 0 aliphatic heterocycles. The van der Waals surface area contributed by atoms with E-state index in [2.05, 4.69) is 62.0 Å². The molecule has 1 aromatic carbocycles. The van der Waals surface area contributed by atoms with Crippen LogP contribution in [0.2, 0.25) is 0 Å². The van der Waals surface area contributed by atoms with Gasteiger partial charge in [0.05, 0.1) is 0 Å². The van der Waals surface area contributed by atoms with Crippen LogP contribution in [-0.2, 0) is 13.5 Å². The number of nitrogens with one attached hydrogen (secondary N) is 1. The minimum Gasteiger partial charge on any atom is -0.348 e. The molecule has 2 rings (SSSR count). The number of fused-ring (bicyclic) bond motifs is 1. The molecule has 1 N–H and O–H groups in total. The van der Waals surface area contributed by atoms with Crippen LogP contribution in [0.15, 0.2) is 24.3 Å². The second-order valence-electron chi connectivity index (χ2n) is 5.45. The number of para-hydroxylation sites is 1. The highest BCUT2D eigenvalue weighted by Gasteiger charge is 2.20. The lowest BCUT2D eigenvalue weighted by Gasteiger charge is -2.24. The molecule has 0 fully saturated rings. The first-order valence-corrected chi connectivity index (χ1v) is 6.18. The molecular weight excluding hydrogens is 208 g/mol. The van der Waals surface area contributed by atoms with E-state index >= 15 is 0 Å². The van der Waals surface area contributed by atoms with E-state index in [1.807, 2.05) is 7.05 Å². The Kier molecular flexibility index (Phi) is 3.00. The Bertz CT molecular complexity index is 535. The van der Waals surface area contributed by atoms with Crippen molar-refractivity contribution in [1.29, 1.82) is 0 Å². The normalized spacial score (nSPS) is 12.3. The molecular formula is C15H22N2.